The van der Waals surface area contributed by atoms with Gasteiger partial charge < -0.3 is 20.1 Å². The summed E-state index contributed by atoms with van der Waals surface area (Å²) in [5.41, 5.74) is 5.42. The summed E-state index contributed by atoms with van der Waals surface area (Å²) in [5, 5.41) is 25.9. The molecular weight excluding hydrogens is 853 g/mol. The summed E-state index contributed by atoms with van der Waals surface area (Å²) in [4.78, 5) is 20.6. The van der Waals surface area contributed by atoms with Crippen LogP contribution in [0.5, 0.6) is 11.5 Å². The lowest BCUT2D eigenvalue weighted by Gasteiger charge is -2.17. The van der Waals surface area contributed by atoms with Crippen LogP contribution in [-0.2, 0) is 13.2 Å². The van der Waals surface area contributed by atoms with E-state index in [9.17, 15) is 4.79 Å². The summed E-state index contributed by atoms with van der Waals surface area (Å²) in [6.07, 6.45) is 24.8. The van der Waals surface area contributed by atoms with Crippen LogP contribution >= 0.6 is 23.5 Å². The largest absolute Gasteiger partial charge is 0.486 e. The fourth-order valence-corrected chi connectivity index (χ4v) is 9.34. The number of nitrogens with zero attached hydrogens (tertiary/aromatic N) is 8. The third-order valence-corrected chi connectivity index (χ3v) is 12.7. The van der Waals surface area contributed by atoms with Gasteiger partial charge in [-0.15, -0.1) is 20.4 Å². The lowest BCUT2D eigenvalue weighted by Crippen LogP contribution is -2.35. The van der Waals surface area contributed by atoms with E-state index in [2.05, 4.69) is 95.7 Å². The van der Waals surface area contributed by atoms with Crippen molar-refractivity contribution in [2.75, 3.05) is 13.1 Å². The van der Waals surface area contributed by atoms with Gasteiger partial charge in [-0.1, -0.05) is 71.5 Å². The van der Waals surface area contributed by atoms with Crippen molar-refractivity contribution in [3.05, 3.63) is 137 Å². The number of rotatable bonds is 16. The SMILES string of the molecule is C=N/C=C\C=C(/C)n1c(COc2ccc(C#CCNC(=O)NCC#Cc3ccc(OCc4nnc(SC5C=CCCC5)n4-c4cccnc4)cc3C)c(C)c2)nnc1SC1C=CCCC1. The molecule has 3 aromatic heterocycles. The Morgan fingerprint density at radius 2 is 1.45 bits per heavy atom. The van der Waals surface area contributed by atoms with Crippen LogP contribution < -0.4 is 20.1 Å². The van der Waals surface area contributed by atoms with E-state index in [1.165, 1.54) is 12.8 Å². The second-order valence-electron chi connectivity index (χ2n) is 15.2. The van der Waals surface area contributed by atoms with E-state index in [0.29, 0.717) is 33.6 Å². The first-order chi connectivity index (χ1) is 31.8. The molecule has 2 aromatic carbocycles. The molecule has 0 saturated heterocycles. The minimum absolute atomic E-state index is 0.172. The Morgan fingerprint density at radius 1 is 0.846 bits per heavy atom. The van der Waals surface area contributed by atoms with Crippen molar-refractivity contribution >= 4 is 42.0 Å². The fourth-order valence-electron chi connectivity index (χ4n) is 7.01. The molecule has 5 aromatic rings. The number of aliphatic imine (C=N–C) groups is 1. The highest BCUT2D eigenvalue weighted by Gasteiger charge is 2.21. The third kappa shape index (κ3) is 13.4. The maximum absolute atomic E-state index is 12.5. The van der Waals surface area contributed by atoms with Crippen molar-refractivity contribution < 1.29 is 14.3 Å². The lowest BCUT2D eigenvalue weighted by molar-refractivity contribution is 0.243. The zero-order chi connectivity index (χ0) is 45.2. The van der Waals surface area contributed by atoms with Gasteiger partial charge in [0.15, 0.2) is 22.0 Å². The molecule has 0 radical (unpaired) electrons. The number of aromatic nitrogens is 7. The van der Waals surface area contributed by atoms with Crippen LogP contribution in [0.4, 0.5) is 4.79 Å². The second-order valence-corrected chi connectivity index (χ2v) is 17.6. The van der Waals surface area contributed by atoms with Crippen LogP contribution in [-0.4, -0.2) is 70.9 Å². The molecule has 2 unspecified atom stereocenters. The number of allylic oxidation sites excluding steroid dienone is 5. The molecule has 0 fully saturated rings. The van der Waals surface area contributed by atoms with E-state index >= 15 is 0 Å². The van der Waals surface area contributed by atoms with Crippen LogP contribution in [0.3, 0.4) is 0 Å². The fraction of sp³-hybridized carbons (Fsp3) is 0.300. The average molecular weight is 905 g/mol. The van der Waals surface area contributed by atoms with Gasteiger partial charge in [0.25, 0.3) is 0 Å². The number of ether oxygens (including phenoxy) is 2. The van der Waals surface area contributed by atoms with Crippen LogP contribution in [0.2, 0.25) is 0 Å². The quantitative estimate of drug-likeness (QED) is 0.0425. The molecule has 332 valence electrons. The van der Waals surface area contributed by atoms with E-state index in [0.717, 1.165) is 69.6 Å². The van der Waals surface area contributed by atoms with Crippen molar-refractivity contribution in [3.8, 4) is 40.9 Å². The van der Waals surface area contributed by atoms with Crippen LogP contribution in [0.15, 0.2) is 119 Å². The minimum atomic E-state index is -0.353. The van der Waals surface area contributed by atoms with E-state index in [4.69, 9.17) is 9.47 Å². The van der Waals surface area contributed by atoms with E-state index in [-0.39, 0.29) is 32.3 Å². The molecule has 2 aliphatic carbocycles. The first kappa shape index (κ1) is 46.2. The smallest absolute Gasteiger partial charge is 0.316 e. The summed E-state index contributed by atoms with van der Waals surface area (Å²) in [5.74, 6) is 15.1. The molecule has 2 aliphatic rings. The predicted octanol–water partition coefficient (Wildman–Crippen LogP) is 9.21. The average Bonchev–Trinajstić information content (AvgIpc) is 3.92. The van der Waals surface area contributed by atoms with Crippen molar-refractivity contribution in [1.29, 1.82) is 0 Å². The summed E-state index contributed by atoms with van der Waals surface area (Å²) >= 11 is 3.42. The van der Waals surface area contributed by atoms with Gasteiger partial charge >= 0.3 is 6.03 Å². The van der Waals surface area contributed by atoms with Crippen LogP contribution in [0.1, 0.15) is 79.4 Å². The summed E-state index contributed by atoms with van der Waals surface area (Å²) in [7, 11) is 0. The van der Waals surface area contributed by atoms with Gasteiger partial charge in [0.05, 0.1) is 25.0 Å². The number of pyridine rings is 1. The number of hydrogen-bond donors (Lipinski definition) is 2. The van der Waals surface area contributed by atoms with Crippen molar-refractivity contribution in [2.24, 2.45) is 4.99 Å². The van der Waals surface area contributed by atoms with Crippen molar-refractivity contribution in [1.82, 2.24) is 45.1 Å². The molecule has 0 saturated carbocycles. The summed E-state index contributed by atoms with van der Waals surface area (Å²) in [6, 6.07) is 15.0. The Balaban J connectivity index is 0.864. The Labute approximate surface area is 389 Å². The van der Waals surface area contributed by atoms with E-state index in [1.807, 2.05) is 96.8 Å². The molecular formula is C50H52N10O3S2. The first-order valence-electron chi connectivity index (χ1n) is 21.6. The summed E-state index contributed by atoms with van der Waals surface area (Å²) in [6.45, 7) is 10.3. The first-order valence-corrected chi connectivity index (χ1v) is 23.3. The lowest BCUT2D eigenvalue weighted by atomic mass is 10.1. The van der Waals surface area contributed by atoms with Crippen molar-refractivity contribution in [2.45, 2.75) is 93.3 Å². The maximum Gasteiger partial charge on any atom is 0.316 e. The van der Waals surface area contributed by atoms with Crippen LogP contribution in [0.25, 0.3) is 11.4 Å². The Bertz CT molecular complexity index is 2700. The number of carbonyl (C=O) groups excluding carboxylic acids is 1. The Hall–Kier alpha value is -6.81. The zero-order valence-corrected chi connectivity index (χ0v) is 38.5. The molecule has 65 heavy (non-hydrogen) atoms. The number of amides is 2. The standard InChI is InChI=1S/C50H52N10O3S2/c1-36-31-42(62-34-46-55-57-49(64-44-19-7-5-8-20-44)59(46)38(3)15-11-27-51-4)25-23-39(36)16-12-29-53-48(61)54-30-13-17-40-24-26-43(32-37(40)2)63-35-47-56-58-50(65-45-21-9-6-10-22-45)60(47)41-18-14-28-52-33-41/h7,9,11,14-15,18-19,21,23-28,31-33,44-45H,4-6,8,10,20,22,29-30,34-35H2,1-3H3,(H2,53,54,61)/b27-11-,38-15+. The van der Waals surface area contributed by atoms with Gasteiger partial charge in [-0.3, -0.25) is 19.1 Å². The molecule has 2 atom stereocenters. The number of nitrogens with one attached hydrogen (secondary N) is 2. The highest BCUT2D eigenvalue weighted by molar-refractivity contribution is 8.00. The van der Waals surface area contributed by atoms with E-state index < -0.39 is 0 Å². The van der Waals surface area contributed by atoms with Gasteiger partial charge in [0, 0.05) is 39.7 Å². The molecule has 2 amide bonds. The zero-order valence-electron chi connectivity index (χ0n) is 36.9. The highest BCUT2D eigenvalue weighted by Crippen LogP contribution is 2.33. The van der Waals surface area contributed by atoms with Gasteiger partial charge in [-0.2, -0.15) is 0 Å². The number of aryl methyl sites for hydroxylation is 2. The Kier molecular flexibility index (Phi) is 16.9. The van der Waals surface area contributed by atoms with Gasteiger partial charge in [-0.25, -0.2) is 4.79 Å². The van der Waals surface area contributed by atoms with Gasteiger partial charge in [-0.05, 0) is 138 Å². The highest BCUT2D eigenvalue weighted by atomic mass is 32.2. The van der Waals surface area contributed by atoms with Crippen LogP contribution in [0, 0.1) is 37.5 Å². The molecule has 0 spiro atoms. The molecule has 7 rings (SSSR count). The van der Waals surface area contributed by atoms with Gasteiger partial charge in [0.2, 0.25) is 0 Å². The normalized spacial score (nSPS) is 15.7. The minimum Gasteiger partial charge on any atom is -0.486 e. The molecule has 0 aliphatic heterocycles. The third-order valence-electron chi connectivity index (χ3n) is 10.4. The number of thioether (sulfide) groups is 2. The van der Waals surface area contributed by atoms with Crippen molar-refractivity contribution in [3.63, 3.8) is 0 Å². The number of urea groups is 1. The predicted molar refractivity (Wildman–Crippen MR) is 259 cm³/mol. The molecule has 2 N–H and O–H groups in total. The molecule has 0 bridgehead atoms. The molecule has 3 heterocycles. The number of carbonyl (C=O) groups is 1. The topological polar surface area (TPSA) is 146 Å². The van der Waals surface area contributed by atoms with Gasteiger partial charge in [0.1, 0.15) is 24.7 Å². The number of hydrogen-bond acceptors (Lipinski definition) is 11. The van der Waals surface area contributed by atoms with E-state index in [1.54, 1.807) is 35.9 Å². The maximum atomic E-state index is 12.5. The number of benzene rings is 2. The second kappa shape index (κ2) is 23.8. The monoisotopic (exact) mass is 904 g/mol. The molecule has 13 nitrogen and oxygen atoms in total. The molecule has 15 heteroatoms. The summed E-state index contributed by atoms with van der Waals surface area (Å²) < 4.78 is 16.4. The Morgan fingerprint density at radius 3 is 2.02 bits per heavy atom.